The van der Waals surface area contributed by atoms with Crippen molar-refractivity contribution in [2.45, 2.75) is 65.7 Å². The van der Waals surface area contributed by atoms with Crippen LogP contribution in [0.3, 0.4) is 0 Å². The number of nitrogens with zero attached hydrogens (tertiary/aromatic N) is 1. The third-order valence-corrected chi connectivity index (χ3v) is 4.94. The molecule has 0 fully saturated rings. The summed E-state index contributed by atoms with van der Waals surface area (Å²) in [5.41, 5.74) is 8.01. The Morgan fingerprint density at radius 3 is 1.43 bits per heavy atom. The van der Waals surface area contributed by atoms with Crippen LogP contribution in [0.2, 0.25) is 0 Å². The first-order chi connectivity index (χ1) is 14.3. The monoisotopic (exact) mass is 414 g/mol. The second kappa shape index (κ2) is 15.1. The van der Waals surface area contributed by atoms with E-state index in [1.807, 2.05) is 12.1 Å². The molecule has 4 heteroatoms. The third-order valence-electron chi connectivity index (χ3n) is 4.94. The highest BCUT2D eigenvalue weighted by Gasteiger charge is 2.19. The van der Waals surface area contributed by atoms with Gasteiger partial charge in [-0.25, -0.2) is 0 Å². The minimum absolute atomic E-state index is 0.0185. The van der Waals surface area contributed by atoms with Crippen LogP contribution in [-0.2, 0) is 13.1 Å². The molecule has 2 aromatic rings. The van der Waals surface area contributed by atoms with E-state index in [1.54, 1.807) is 0 Å². The summed E-state index contributed by atoms with van der Waals surface area (Å²) < 4.78 is 0. The van der Waals surface area contributed by atoms with Crippen molar-refractivity contribution in [3.63, 3.8) is 0 Å². The van der Waals surface area contributed by atoms with E-state index in [2.05, 4.69) is 81.1 Å². The van der Waals surface area contributed by atoms with E-state index in [0.717, 1.165) is 25.9 Å². The predicted molar refractivity (Wildman–Crippen MR) is 127 cm³/mol. The van der Waals surface area contributed by atoms with Gasteiger partial charge in [-0.3, -0.25) is 4.90 Å². The van der Waals surface area contributed by atoms with E-state index in [1.165, 1.54) is 11.1 Å². The van der Waals surface area contributed by atoms with E-state index in [0.29, 0.717) is 11.8 Å². The van der Waals surface area contributed by atoms with Crippen molar-refractivity contribution in [2.75, 3.05) is 13.2 Å². The second-order valence-electron chi connectivity index (χ2n) is 8.91. The molecule has 0 aromatic heterocycles. The number of aliphatic hydroxyl groups excluding tert-OH is 2. The molecule has 0 amide bonds. The van der Waals surface area contributed by atoms with Crippen molar-refractivity contribution in [1.29, 1.82) is 0 Å². The molecule has 168 valence electrons. The summed E-state index contributed by atoms with van der Waals surface area (Å²) in [4.78, 5) is 2.39. The quantitative estimate of drug-likeness (QED) is 0.508. The van der Waals surface area contributed by atoms with Gasteiger partial charge in [0.05, 0.1) is 13.2 Å². The molecular weight excluding hydrogens is 372 g/mol. The van der Waals surface area contributed by atoms with Crippen LogP contribution < -0.4 is 5.73 Å². The topological polar surface area (TPSA) is 69.7 Å². The molecule has 0 spiro atoms. The summed E-state index contributed by atoms with van der Waals surface area (Å²) in [7, 11) is 0. The minimum atomic E-state index is -0.0185. The number of hydrogen-bond acceptors (Lipinski definition) is 4. The summed E-state index contributed by atoms with van der Waals surface area (Å²) in [6.07, 6.45) is 1.92. The molecule has 4 nitrogen and oxygen atoms in total. The van der Waals surface area contributed by atoms with Crippen LogP contribution in [-0.4, -0.2) is 40.4 Å². The van der Waals surface area contributed by atoms with E-state index in [4.69, 9.17) is 10.8 Å². The molecule has 0 aliphatic carbocycles. The van der Waals surface area contributed by atoms with E-state index in [-0.39, 0.29) is 25.3 Å². The van der Waals surface area contributed by atoms with Crippen LogP contribution in [0.1, 0.15) is 51.7 Å². The lowest BCUT2D eigenvalue weighted by Gasteiger charge is -2.32. The predicted octanol–water partition coefficient (Wildman–Crippen LogP) is 4.45. The Bertz CT molecular complexity index is 605. The highest BCUT2D eigenvalue weighted by Crippen LogP contribution is 2.18. The van der Waals surface area contributed by atoms with Gasteiger partial charge in [0, 0.05) is 25.2 Å². The Morgan fingerprint density at radius 2 is 1.13 bits per heavy atom. The Kier molecular flexibility index (Phi) is 13.3. The Morgan fingerprint density at radius 1 is 0.700 bits per heavy atom. The van der Waals surface area contributed by atoms with E-state index in [9.17, 15) is 5.11 Å². The van der Waals surface area contributed by atoms with Crippen LogP contribution >= 0.6 is 0 Å². The molecule has 0 bridgehead atoms. The van der Waals surface area contributed by atoms with Gasteiger partial charge in [0.2, 0.25) is 0 Å². The smallest absolute Gasteiger partial charge is 0.0587 e. The molecule has 4 N–H and O–H groups in total. The zero-order chi connectivity index (χ0) is 22.4. The van der Waals surface area contributed by atoms with E-state index < -0.39 is 0 Å². The molecule has 0 saturated heterocycles. The molecule has 0 heterocycles. The summed E-state index contributed by atoms with van der Waals surface area (Å²) in [6, 6.07) is 21.2. The molecule has 0 aliphatic heterocycles. The maximum atomic E-state index is 9.86. The average molecular weight is 415 g/mol. The summed E-state index contributed by atoms with van der Waals surface area (Å²) in [6.45, 7) is 10.7. The van der Waals surface area contributed by atoms with Gasteiger partial charge >= 0.3 is 0 Å². The number of nitrogens with two attached hydrogens (primary N) is 1. The van der Waals surface area contributed by atoms with Crippen LogP contribution in [0.5, 0.6) is 0 Å². The second-order valence-corrected chi connectivity index (χ2v) is 8.91. The largest absolute Gasteiger partial charge is 0.395 e. The fourth-order valence-corrected chi connectivity index (χ4v) is 3.51. The first kappa shape index (κ1) is 26.3. The maximum Gasteiger partial charge on any atom is 0.0587 e. The van der Waals surface area contributed by atoms with Crippen molar-refractivity contribution < 1.29 is 10.2 Å². The number of rotatable bonds is 11. The highest BCUT2D eigenvalue weighted by molar-refractivity contribution is 5.17. The van der Waals surface area contributed by atoms with Crippen LogP contribution in [0.25, 0.3) is 0 Å². The van der Waals surface area contributed by atoms with Gasteiger partial charge < -0.3 is 15.9 Å². The van der Waals surface area contributed by atoms with Crippen LogP contribution in [0.4, 0.5) is 0 Å². The fourth-order valence-electron chi connectivity index (χ4n) is 3.51. The van der Waals surface area contributed by atoms with Crippen LogP contribution in [0, 0.1) is 11.8 Å². The molecule has 2 aromatic carbocycles. The fraction of sp³-hybridized carbons (Fsp3) is 0.538. The summed E-state index contributed by atoms with van der Waals surface area (Å²) >= 11 is 0. The third kappa shape index (κ3) is 11.5. The van der Waals surface area contributed by atoms with Crippen molar-refractivity contribution in [3.05, 3.63) is 71.8 Å². The Hall–Kier alpha value is -1.72. The van der Waals surface area contributed by atoms with Gasteiger partial charge in [-0.05, 0) is 35.8 Å². The lowest BCUT2D eigenvalue weighted by Crippen LogP contribution is -2.38. The molecule has 2 rings (SSSR count). The first-order valence-electron chi connectivity index (χ1n) is 11.1. The molecule has 2 atom stereocenters. The standard InChI is InChI=1S/C20H27NO.C6H15NO/c1-17(2)13-20(16-22)21(14-18-9-5-3-6-10-18)15-19-11-7-4-8-12-19;1-5(2)3-6(7)4-8/h3-12,17,20,22H,13-16H2,1-2H3;5-6,8H,3-4,7H2,1-2H3/t20-;6-/m00/s1. The Balaban J connectivity index is 0.000000479. The van der Waals surface area contributed by atoms with Gasteiger partial charge in [-0.15, -0.1) is 0 Å². The van der Waals surface area contributed by atoms with E-state index >= 15 is 0 Å². The highest BCUT2D eigenvalue weighted by atomic mass is 16.3. The molecule has 30 heavy (non-hydrogen) atoms. The molecular formula is C26H42N2O2. The molecule has 0 radical (unpaired) electrons. The molecule has 0 aliphatic rings. The van der Waals surface area contributed by atoms with Crippen molar-refractivity contribution >= 4 is 0 Å². The summed E-state index contributed by atoms with van der Waals surface area (Å²) in [5.74, 6) is 1.17. The lowest BCUT2D eigenvalue weighted by molar-refractivity contribution is 0.0941. The molecule has 0 unspecified atom stereocenters. The first-order valence-corrected chi connectivity index (χ1v) is 11.1. The van der Waals surface area contributed by atoms with Crippen molar-refractivity contribution in [2.24, 2.45) is 17.6 Å². The Labute approximate surface area is 183 Å². The zero-order valence-corrected chi connectivity index (χ0v) is 19.2. The zero-order valence-electron chi connectivity index (χ0n) is 19.2. The van der Waals surface area contributed by atoms with Gasteiger partial charge in [-0.1, -0.05) is 88.4 Å². The van der Waals surface area contributed by atoms with Crippen LogP contribution in [0.15, 0.2) is 60.7 Å². The van der Waals surface area contributed by atoms with Crippen molar-refractivity contribution in [1.82, 2.24) is 4.90 Å². The lowest BCUT2D eigenvalue weighted by atomic mass is 10.0. The minimum Gasteiger partial charge on any atom is -0.395 e. The van der Waals surface area contributed by atoms with Gasteiger partial charge in [0.25, 0.3) is 0 Å². The number of aliphatic hydroxyl groups is 2. The van der Waals surface area contributed by atoms with Gasteiger partial charge in [-0.2, -0.15) is 0 Å². The normalized spacial score (nSPS) is 13.3. The number of benzene rings is 2. The maximum absolute atomic E-state index is 9.86. The van der Waals surface area contributed by atoms with Gasteiger partial charge in [0.15, 0.2) is 0 Å². The molecule has 0 saturated carbocycles. The average Bonchev–Trinajstić information content (AvgIpc) is 2.73. The van der Waals surface area contributed by atoms with Gasteiger partial charge in [0.1, 0.15) is 0 Å². The summed E-state index contributed by atoms with van der Waals surface area (Å²) in [5, 5.41) is 18.3. The SMILES string of the molecule is CC(C)C[C@@H](CO)N(Cc1ccccc1)Cc1ccccc1.CC(C)C[C@H](N)CO. The van der Waals surface area contributed by atoms with Crippen molar-refractivity contribution in [3.8, 4) is 0 Å². The number of hydrogen-bond donors (Lipinski definition) is 3.